The van der Waals surface area contributed by atoms with Crippen LogP contribution in [0.25, 0.3) is 0 Å². The summed E-state index contributed by atoms with van der Waals surface area (Å²) < 4.78 is 48.7. The molecule has 0 amide bonds. The molecule has 0 bridgehead atoms. The Morgan fingerprint density at radius 2 is 2.28 bits per heavy atom. The molecule has 2 rings (SSSR count). The van der Waals surface area contributed by atoms with Gasteiger partial charge >= 0.3 is 0 Å². The van der Waals surface area contributed by atoms with Gasteiger partial charge in [0, 0.05) is 5.38 Å². The molecule has 0 aromatic carbocycles. The Balaban J connectivity index is 2.00. The first-order chi connectivity index (χ1) is 8.28. The predicted octanol–water partition coefficient (Wildman–Crippen LogP) is 0.0580. The van der Waals surface area contributed by atoms with Crippen molar-refractivity contribution in [2.24, 2.45) is 0 Å². The van der Waals surface area contributed by atoms with E-state index in [0.717, 1.165) is 5.01 Å². The number of aromatic nitrogens is 1. The SMILES string of the molecule is Cc1nc(CNS(=O)(=O)[C@H]2CCS(=O)(=O)C2)cs1. The summed E-state index contributed by atoms with van der Waals surface area (Å²) in [7, 11) is -6.77. The van der Waals surface area contributed by atoms with Gasteiger partial charge in [-0.05, 0) is 13.3 Å². The fraction of sp³-hybridized carbons (Fsp3) is 0.667. The molecule has 1 N–H and O–H groups in total. The number of nitrogens with one attached hydrogen (secondary N) is 1. The normalized spacial score (nSPS) is 23.3. The minimum Gasteiger partial charge on any atom is -0.245 e. The van der Waals surface area contributed by atoms with Gasteiger partial charge in [0.15, 0.2) is 9.84 Å². The van der Waals surface area contributed by atoms with Crippen molar-refractivity contribution in [3.05, 3.63) is 16.1 Å². The first-order valence-corrected chi connectivity index (χ1v) is 9.63. The van der Waals surface area contributed by atoms with Crippen LogP contribution in [-0.2, 0) is 26.4 Å². The highest BCUT2D eigenvalue weighted by Crippen LogP contribution is 2.18. The summed E-state index contributed by atoms with van der Waals surface area (Å²) in [5.41, 5.74) is 0.655. The molecular formula is C9H14N2O4S3. The minimum absolute atomic E-state index is 0.0472. The first-order valence-electron chi connectivity index (χ1n) is 5.38. The van der Waals surface area contributed by atoms with Gasteiger partial charge in [-0.2, -0.15) is 0 Å². The van der Waals surface area contributed by atoms with Gasteiger partial charge in [0.1, 0.15) is 0 Å². The van der Waals surface area contributed by atoms with Crippen molar-refractivity contribution in [1.82, 2.24) is 9.71 Å². The fourth-order valence-electron chi connectivity index (χ4n) is 1.79. The van der Waals surface area contributed by atoms with Crippen LogP contribution >= 0.6 is 11.3 Å². The molecule has 0 radical (unpaired) electrons. The lowest BCUT2D eigenvalue weighted by atomic mass is 10.4. The van der Waals surface area contributed by atoms with Gasteiger partial charge in [-0.15, -0.1) is 11.3 Å². The molecule has 0 spiro atoms. The van der Waals surface area contributed by atoms with Crippen LogP contribution in [0.1, 0.15) is 17.1 Å². The number of sulfone groups is 1. The number of rotatable bonds is 4. The van der Waals surface area contributed by atoms with Crippen LogP contribution in [0.2, 0.25) is 0 Å². The molecule has 0 saturated carbocycles. The van der Waals surface area contributed by atoms with E-state index in [1.54, 1.807) is 5.38 Å². The molecule has 2 heterocycles. The Morgan fingerprint density at radius 1 is 1.56 bits per heavy atom. The average Bonchev–Trinajstić information content (AvgIpc) is 2.82. The second kappa shape index (κ2) is 4.87. The van der Waals surface area contributed by atoms with E-state index in [-0.39, 0.29) is 24.5 Å². The Kier molecular flexibility index (Phi) is 3.77. The lowest BCUT2D eigenvalue weighted by molar-refractivity contribution is 0.567. The lowest BCUT2D eigenvalue weighted by Gasteiger charge is -2.10. The van der Waals surface area contributed by atoms with Crippen LogP contribution in [-0.4, -0.2) is 38.6 Å². The Hall–Kier alpha value is -0.510. The number of aryl methyl sites for hydroxylation is 1. The van der Waals surface area contributed by atoms with Crippen molar-refractivity contribution in [1.29, 1.82) is 0 Å². The van der Waals surface area contributed by atoms with E-state index in [2.05, 4.69) is 9.71 Å². The molecule has 102 valence electrons. The maximum Gasteiger partial charge on any atom is 0.215 e. The molecule has 1 fully saturated rings. The third-order valence-electron chi connectivity index (χ3n) is 2.75. The Morgan fingerprint density at radius 3 is 2.78 bits per heavy atom. The molecule has 6 nitrogen and oxygen atoms in total. The summed E-state index contributed by atoms with van der Waals surface area (Å²) in [5.74, 6) is -0.327. The van der Waals surface area contributed by atoms with Crippen LogP contribution in [0.4, 0.5) is 0 Å². The summed E-state index contributed by atoms with van der Waals surface area (Å²) in [6, 6.07) is 0. The van der Waals surface area contributed by atoms with Gasteiger partial charge in [0.05, 0.1) is 34.0 Å². The predicted molar refractivity (Wildman–Crippen MR) is 69.7 cm³/mol. The second-order valence-corrected chi connectivity index (χ2v) is 9.59. The smallest absolute Gasteiger partial charge is 0.215 e. The molecule has 1 saturated heterocycles. The van der Waals surface area contributed by atoms with Crippen molar-refractivity contribution in [2.75, 3.05) is 11.5 Å². The van der Waals surface area contributed by atoms with Gasteiger partial charge in [-0.3, -0.25) is 0 Å². The number of thiazole rings is 1. The zero-order valence-electron chi connectivity index (χ0n) is 9.79. The fourth-order valence-corrected chi connectivity index (χ4v) is 6.44. The van der Waals surface area contributed by atoms with Gasteiger partial charge < -0.3 is 0 Å². The maximum atomic E-state index is 11.9. The van der Waals surface area contributed by atoms with Crippen molar-refractivity contribution in [3.63, 3.8) is 0 Å². The third kappa shape index (κ3) is 3.28. The first kappa shape index (κ1) is 13.9. The van der Waals surface area contributed by atoms with E-state index in [0.29, 0.717) is 5.69 Å². The lowest BCUT2D eigenvalue weighted by Crippen LogP contribution is -2.34. The molecule has 0 aliphatic carbocycles. The van der Waals surface area contributed by atoms with E-state index in [4.69, 9.17) is 0 Å². The zero-order chi connectivity index (χ0) is 13.4. The van der Waals surface area contributed by atoms with Crippen LogP contribution in [0.3, 0.4) is 0 Å². The number of hydrogen-bond donors (Lipinski definition) is 1. The zero-order valence-corrected chi connectivity index (χ0v) is 12.2. The van der Waals surface area contributed by atoms with E-state index < -0.39 is 25.1 Å². The third-order valence-corrected chi connectivity index (χ3v) is 7.38. The molecule has 9 heteroatoms. The van der Waals surface area contributed by atoms with E-state index in [9.17, 15) is 16.8 Å². The maximum absolute atomic E-state index is 11.9. The van der Waals surface area contributed by atoms with Gasteiger partial charge in [0.25, 0.3) is 0 Å². The monoisotopic (exact) mass is 310 g/mol. The Labute approximate surface area is 110 Å². The topological polar surface area (TPSA) is 93.2 Å². The number of hydrogen-bond acceptors (Lipinski definition) is 6. The van der Waals surface area contributed by atoms with E-state index >= 15 is 0 Å². The van der Waals surface area contributed by atoms with Gasteiger partial charge in [0.2, 0.25) is 10.0 Å². The van der Waals surface area contributed by atoms with Crippen LogP contribution in [0, 0.1) is 6.92 Å². The molecule has 1 aromatic heterocycles. The minimum atomic E-state index is -3.58. The molecule has 1 aliphatic heterocycles. The molecular weight excluding hydrogens is 296 g/mol. The average molecular weight is 310 g/mol. The number of sulfonamides is 1. The number of nitrogens with zero attached hydrogens (tertiary/aromatic N) is 1. The summed E-state index contributed by atoms with van der Waals surface area (Å²) >= 11 is 1.45. The molecule has 1 atom stereocenters. The summed E-state index contributed by atoms with van der Waals surface area (Å²) in [6.45, 7) is 1.95. The molecule has 1 aliphatic rings. The highest BCUT2D eigenvalue weighted by molar-refractivity contribution is 7.95. The largest absolute Gasteiger partial charge is 0.245 e. The van der Waals surface area contributed by atoms with Crippen LogP contribution < -0.4 is 4.72 Å². The highest BCUT2D eigenvalue weighted by Gasteiger charge is 2.36. The van der Waals surface area contributed by atoms with Crippen molar-refractivity contribution >= 4 is 31.2 Å². The van der Waals surface area contributed by atoms with Crippen LogP contribution in [0.5, 0.6) is 0 Å². The van der Waals surface area contributed by atoms with Crippen LogP contribution in [0.15, 0.2) is 5.38 Å². The molecule has 0 unspecified atom stereocenters. The van der Waals surface area contributed by atoms with Gasteiger partial charge in [-0.1, -0.05) is 0 Å². The van der Waals surface area contributed by atoms with E-state index in [1.165, 1.54) is 11.3 Å². The van der Waals surface area contributed by atoms with Crippen molar-refractivity contribution in [2.45, 2.75) is 25.1 Å². The van der Waals surface area contributed by atoms with Crippen molar-refractivity contribution in [3.8, 4) is 0 Å². The summed E-state index contributed by atoms with van der Waals surface area (Å²) in [4.78, 5) is 4.14. The van der Waals surface area contributed by atoms with Crippen molar-refractivity contribution < 1.29 is 16.8 Å². The summed E-state index contributed by atoms with van der Waals surface area (Å²) in [6.07, 6.45) is 0.174. The molecule has 18 heavy (non-hydrogen) atoms. The highest BCUT2D eigenvalue weighted by atomic mass is 32.2. The van der Waals surface area contributed by atoms with Gasteiger partial charge in [-0.25, -0.2) is 26.5 Å². The van der Waals surface area contributed by atoms with E-state index in [1.807, 2.05) is 6.92 Å². The Bertz CT molecular complexity index is 633. The summed E-state index contributed by atoms with van der Waals surface area (Å²) in [5, 5.41) is 1.82. The molecule has 1 aromatic rings. The quantitative estimate of drug-likeness (QED) is 0.848. The second-order valence-electron chi connectivity index (χ2n) is 4.25. The standard InChI is InChI=1S/C9H14N2O4S3/c1-7-11-8(5-16-7)4-10-18(14,15)9-2-3-17(12,13)6-9/h5,9-10H,2-4,6H2,1H3/t9-/m0/s1.